The van der Waals surface area contributed by atoms with Gasteiger partial charge < -0.3 is 11.1 Å². The normalized spacial score (nSPS) is 10.4. The molecule has 0 bridgehead atoms. The van der Waals surface area contributed by atoms with Crippen molar-refractivity contribution in [2.24, 2.45) is 5.73 Å². The summed E-state index contributed by atoms with van der Waals surface area (Å²) in [5, 5.41) is 14.1. The lowest BCUT2D eigenvalue weighted by Gasteiger charge is -2.16. The average Bonchev–Trinajstić information content (AvgIpc) is 2.35. The van der Waals surface area contributed by atoms with E-state index in [4.69, 9.17) is 5.73 Å². The largest absolute Gasteiger partial charge is 0.377 e. The van der Waals surface area contributed by atoms with Crippen LogP contribution in [0.3, 0.4) is 0 Å². The molecular formula is C12H17N3O3. The number of nitrogens with two attached hydrogens (primary N) is 1. The van der Waals surface area contributed by atoms with Crippen LogP contribution < -0.4 is 11.1 Å². The van der Waals surface area contributed by atoms with Crippen LogP contribution in [0.1, 0.15) is 37.0 Å². The van der Waals surface area contributed by atoms with E-state index in [1.807, 2.05) is 13.8 Å². The fourth-order valence-electron chi connectivity index (χ4n) is 1.67. The summed E-state index contributed by atoms with van der Waals surface area (Å²) in [5.74, 6) is -0.674. The average molecular weight is 251 g/mol. The summed E-state index contributed by atoms with van der Waals surface area (Å²) in [6.45, 7) is 4.01. The standard InChI is InChI=1S/C12H17N3O3/c1-3-9(4-2)14-10-6-5-8(12(13)16)7-11(10)15(17)18/h5-7,9,14H,3-4H2,1-2H3,(H2,13,16). The van der Waals surface area contributed by atoms with Crippen LogP contribution in [-0.4, -0.2) is 16.9 Å². The number of nitrogens with one attached hydrogen (secondary N) is 1. The molecule has 0 spiro atoms. The molecule has 6 heteroatoms. The number of nitro benzene ring substituents is 1. The van der Waals surface area contributed by atoms with Gasteiger partial charge in [-0.2, -0.15) is 0 Å². The Hall–Kier alpha value is -2.11. The molecule has 0 aliphatic rings. The van der Waals surface area contributed by atoms with Crippen LogP contribution in [0.15, 0.2) is 18.2 Å². The molecule has 0 fully saturated rings. The van der Waals surface area contributed by atoms with E-state index in [0.29, 0.717) is 5.69 Å². The number of benzene rings is 1. The molecule has 0 aliphatic heterocycles. The second-order valence-corrected chi connectivity index (χ2v) is 4.01. The molecule has 98 valence electrons. The van der Waals surface area contributed by atoms with Gasteiger partial charge in [0, 0.05) is 17.7 Å². The van der Waals surface area contributed by atoms with E-state index in [9.17, 15) is 14.9 Å². The highest BCUT2D eigenvalue weighted by Gasteiger charge is 2.18. The number of nitro groups is 1. The van der Waals surface area contributed by atoms with E-state index in [0.717, 1.165) is 12.8 Å². The van der Waals surface area contributed by atoms with Crippen molar-refractivity contribution in [3.8, 4) is 0 Å². The van der Waals surface area contributed by atoms with E-state index in [2.05, 4.69) is 5.32 Å². The van der Waals surface area contributed by atoms with E-state index >= 15 is 0 Å². The van der Waals surface area contributed by atoms with Crippen LogP contribution in [0.25, 0.3) is 0 Å². The quantitative estimate of drug-likeness (QED) is 0.598. The molecule has 6 nitrogen and oxygen atoms in total. The molecule has 1 aromatic rings. The van der Waals surface area contributed by atoms with E-state index in [-0.39, 0.29) is 17.3 Å². The third-order valence-electron chi connectivity index (χ3n) is 2.82. The Morgan fingerprint density at radius 3 is 2.50 bits per heavy atom. The third kappa shape index (κ3) is 3.19. The van der Waals surface area contributed by atoms with Gasteiger partial charge in [0.2, 0.25) is 5.91 Å². The maximum atomic E-state index is 11.0. The van der Waals surface area contributed by atoms with Crippen LogP contribution in [-0.2, 0) is 0 Å². The first-order valence-electron chi connectivity index (χ1n) is 5.84. The number of rotatable bonds is 6. The zero-order valence-electron chi connectivity index (χ0n) is 10.5. The highest BCUT2D eigenvalue weighted by atomic mass is 16.6. The van der Waals surface area contributed by atoms with Gasteiger partial charge in [-0.15, -0.1) is 0 Å². The van der Waals surface area contributed by atoms with Gasteiger partial charge in [0.1, 0.15) is 5.69 Å². The summed E-state index contributed by atoms with van der Waals surface area (Å²) in [4.78, 5) is 21.5. The Kier molecular flexibility index (Phi) is 4.65. The topological polar surface area (TPSA) is 98.3 Å². The molecule has 0 unspecified atom stereocenters. The van der Waals surface area contributed by atoms with Crippen molar-refractivity contribution in [2.45, 2.75) is 32.7 Å². The monoisotopic (exact) mass is 251 g/mol. The summed E-state index contributed by atoms with van der Waals surface area (Å²) in [5.41, 5.74) is 5.53. The highest BCUT2D eigenvalue weighted by molar-refractivity contribution is 5.94. The second-order valence-electron chi connectivity index (χ2n) is 4.01. The maximum Gasteiger partial charge on any atom is 0.293 e. The maximum absolute atomic E-state index is 11.0. The number of carbonyl (C=O) groups is 1. The molecule has 3 N–H and O–H groups in total. The first-order chi connectivity index (χ1) is 8.49. The SMILES string of the molecule is CCC(CC)Nc1ccc(C(N)=O)cc1[N+](=O)[O-]. The highest BCUT2D eigenvalue weighted by Crippen LogP contribution is 2.26. The number of carbonyl (C=O) groups excluding carboxylic acids is 1. The molecule has 18 heavy (non-hydrogen) atoms. The van der Waals surface area contributed by atoms with Crippen molar-refractivity contribution in [3.63, 3.8) is 0 Å². The van der Waals surface area contributed by atoms with Gasteiger partial charge in [-0.25, -0.2) is 0 Å². The van der Waals surface area contributed by atoms with Crippen LogP contribution in [0.2, 0.25) is 0 Å². The molecule has 0 radical (unpaired) electrons. The van der Waals surface area contributed by atoms with Gasteiger partial charge >= 0.3 is 0 Å². The molecule has 1 rings (SSSR count). The predicted octanol–water partition coefficient (Wildman–Crippen LogP) is 2.29. The van der Waals surface area contributed by atoms with Crippen molar-refractivity contribution in [1.82, 2.24) is 0 Å². The third-order valence-corrected chi connectivity index (χ3v) is 2.82. The van der Waals surface area contributed by atoms with E-state index in [1.165, 1.54) is 18.2 Å². The number of hydrogen-bond acceptors (Lipinski definition) is 4. The van der Waals surface area contributed by atoms with Crippen molar-refractivity contribution in [3.05, 3.63) is 33.9 Å². The number of nitrogens with zero attached hydrogens (tertiary/aromatic N) is 1. The minimum Gasteiger partial charge on any atom is -0.377 e. The second kappa shape index (κ2) is 6.00. The molecule has 0 aromatic heterocycles. The number of anilines is 1. The van der Waals surface area contributed by atoms with Gasteiger partial charge in [0.15, 0.2) is 0 Å². The van der Waals surface area contributed by atoms with Crippen LogP contribution >= 0.6 is 0 Å². The first kappa shape index (κ1) is 14.0. The minimum absolute atomic E-state index is 0.127. The van der Waals surface area contributed by atoms with Crippen molar-refractivity contribution >= 4 is 17.3 Å². The van der Waals surface area contributed by atoms with E-state index < -0.39 is 10.8 Å². The zero-order chi connectivity index (χ0) is 13.7. The van der Waals surface area contributed by atoms with Gasteiger partial charge in [-0.3, -0.25) is 14.9 Å². The summed E-state index contributed by atoms with van der Waals surface area (Å²) in [6, 6.07) is 4.38. The lowest BCUT2D eigenvalue weighted by atomic mass is 10.1. The Morgan fingerprint density at radius 2 is 2.06 bits per heavy atom. The van der Waals surface area contributed by atoms with E-state index in [1.54, 1.807) is 0 Å². The minimum atomic E-state index is -0.674. The van der Waals surface area contributed by atoms with Crippen molar-refractivity contribution in [2.75, 3.05) is 5.32 Å². The Balaban J connectivity index is 3.11. The molecule has 0 heterocycles. The molecule has 0 aliphatic carbocycles. The van der Waals surface area contributed by atoms with Gasteiger partial charge in [0.05, 0.1) is 4.92 Å². The summed E-state index contributed by atoms with van der Waals surface area (Å²) in [6.07, 6.45) is 1.73. The van der Waals surface area contributed by atoms with Gasteiger partial charge in [-0.05, 0) is 25.0 Å². The summed E-state index contributed by atoms with van der Waals surface area (Å²) in [7, 11) is 0. The number of hydrogen-bond donors (Lipinski definition) is 2. The molecule has 1 aromatic carbocycles. The Labute approximate surface area is 105 Å². The Bertz CT molecular complexity index is 456. The van der Waals surface area contributed by atoms with Gasteiger partial charge in [-0.1, -0.05) is 13.8 Å². The van der Waals surface area contributed by atoms with Crippen LogP contribution in [0, 0.1) is 10.1 Å². The molecule has 1 amide bonds. The predicted molar refractivity (Wildman–Crippen MR) is 69.6 cm³/mol. The van der Waals surface area contributed by atoms with Crippen molar-refractivity contribution in [1.29, 1.82) is 0 Å². The van der Waals surface area contributed by atoms with Crippen LogP contribution in [0.4, 0.5) is 11.4 Å². The molecule has 0 saturated heterocycles. The fourth-order valence-corrected chi connectivity index (χ4v) is 1.67. The zero-order valence-corrected chi connectivity index (χ0v) is 10.5. The Morgan fingerprint density at radius 1 is 1.44 bits per heavy atom. The molecule has 0 atom stereocenters. The lowest BCUT2D eigenvalue weighted by Crippen LogP contribution is -2.18. The first-order valence-corrected chi connectivity index (χ1v) is 5.84. The van der Waals surface area contributed by atoms with Crippen LogP contribution in [0.5, 0.6) is 0 Å². The summed E-state index contributed by atoms with van der Waals surface area (Å²) >= 11 is 0. The fraction of sp³-hybridized carbons (Fsp3) is 0.417. The number of amides is 1. The summed E-state index contributed by atoms with van der Waals surface area (Å²) < 4.78 is 0. The van der Waals surface area contributed by atoms with Gasteiger partial charge in [0.25, 0.3) is 5.69 Å². The molecule has 0 saturated carbocycles. The smallest absolute Gasteiger partial charge is 0.293 e. The lowest BCUT2D eigenvalue weighted by molar-refractivity contribution is -0.384. The number of primary amides is 1. The van der Waals surface area contributed by atoms with Crippen molar-refractivity contribution < 1.29 is 9.72 Å². The molecular weight excluding hydrogens is 234 g/mol.